The Kier molecular flexibility index (Phi) is 12.4. The molecule has 0 unspecified atom stereocenters. The lowest BCUT2D eigenvalue weighted by molar-refractivity contribution is -0.299. The third kappa shape index (κ3) is 10.2. The summed E-state index contributed by atoms with van der Waals surface area (Å²) >= 11 is 0. The summed E-state index contributed by atoms with van der Waals surface area (Å²) in [5.41, 5.74) is 0. The fourth-order valence-corrected chi connectivity index (χ4v) is 4.24. The highest BCUT2D eigenvalue weighted by atomic mass is 16.8. The highest BCUT2D eigenvalue weighted by Crippen LogP contribution is 2.37. The van der Waals surface area contributed by atoms with Crippen molar-refractivity contribution in [3.8, 4) is 5.75 Å². The van der Waals surface area contributed by atoms with E-state index in [0.29, 0.717) is 0 Å². The number of carbonyl (C=O) groups is 7. The van der Waals surface area contributed by atoms with E-state index in [1.807, 2.05) is 0 Å². The second-order valence-electron chi connectivity index (χ2n) is 9.20. The minimum absolute atomic E-state index is 0.0293. The average molecular weight is 612 g/mol. The smallest absolute Gasteiger partial charge is 0.464 e. The van der Waals surface area contributed by atoms with Crippen molar-refractivity contribution < 1.29 is 71.5 Å². The van der Waals surface area contributed by atoms with E-state index in [0.717, 1.165) is 41.7 Å². The van der Waals surface area contributed by atoms with Crippen LogP contribution in [-0.4, -0.2) is 91.9 Å². The van der Waals surface area contributed by atoms with Gasteiger partial charge < -0.3 is 43.2 Å². The highest BCUT2D eigenvalue weighted by molar-refractivity contribution is 5.81. The lowest BCUT2D eigenvalue weighted by Gasteiger charge is -2.47. The second kappa shape index (κ2) is 15.5. The van der Waals surface area contributed by atoms with Crippen molar-refractivity contribution in [2.45, 2.75) is 77.3 Å². The van der Waals surface area contributed by atoms with Crippen molar-refractivity contribution in [1.29, 1.82) is 0 Å². The second-order valence-corrected chi connectivity index (χ2v) is 9.20. The molecule has 1 N–H and O–H groups in total. The van der Waals surface area contributed by atoms with E-state index in [-0.39, 0.29) is 5.75 Å². The van der Waals surface area contributed by atoms with Crippen LogP contribution in [0.3, 0.4) is 0 Å². The van der Waals surface area contributed by atoms with Gasteiger partial charge in [0.25, 0.3) is 0 Å². The summed E-state index contributed by atoms with van der Waals surface area (Å²) in [4.78, 5) is 86.3. The van der Waals surface area contributed by atoms with Crippen LogP contribution >= 0.6 is 0 Å². The molecule has 1 aliphatic heterocycles. The summed E-state index contributed by atoms with van der Waals surface area (Å²) < 4.78 is 42.3. The molecule has 1 aromatic carbocycles. The molecule has 6 atom stereocenters. The highest BCUT2D eigenvalue weighted by Gasteiger charge is 2.61. The van der Waals surface area contributed by atoms with Gasteiger partial charge in [0.15, 0.2) is 12.2 Å². The number of methoxy groups -OCH3 is 1. The molecule has 16 heteroatoms. The summed E-state index contributed by atoms with van der Waals surface area (Å²) in [5.74, 6) is -8.24. The Morgan fingerprint density at radius 2 is 1.53 bits per heavy atom. The fraction of sp³-hybridized carbons (Fsp3) is 0.519. The monoisotopic (exact) mass is 611 g/mol. The fourth-order valence-electron chi connectivity index (χ4n) is 4.24. The van der Waals surface area contributed by atoms with Crippen molar-refractivity contribution >= 4 is 41.9 Å². The molecule has 43 heavy (non-hydrogen) atoms. The molecule has 1 aromatic rings. The van der Waals surface area contributed by atoms with E-state index in [4.69, 9.17) is 37.9 Å². The van der Waals surface area contributed by atoms with E-state index in [1.165, 1.54) is 12.1 Å². The first-order valence-corrected chi connectivity index (χ1v) is 12.8. The SMILES string of the molecule is COC(=O)[C@]1(OC(=O)Oc2ccccc2)C[C@H](OC(C)=O)[C@@H](NC(C)=O)[C@H]([C@H](OC(C)=O)[C@@H](COC(C)=O)OC(C)=O)O1. The van der Waals surface area contributed by atoms with Gasteiger partial charge in [-0.05, 0) is 12.1 Å². The minimum Gasteiger partial charge on any atom is -0.464 e. The van der Waals surface area contributed by atoms with Gasteiger partial charge >= 0.3 is 41.8 Å². The zero-order chi connectivity index (χ0) is 32.3. The standard InChI is InChI=1S/C27H33NO15/c1-14(29)28-22-20(38-16(3)31)12-27(25(34)36-6,43-26(35)41-19-10-8-7-9-11-19)42-24(22)23(40-18(5)33)21(39-17(4)32)13-37-15(2)30/h7-11,20-24H,12-13H2,1-6H3,(H,28,29)/t20-,21+,22+,23+,24+,27+/m0/s1. The number of nitrogens with one attached hydrogen (secondary N) is 1. The number of hydrogen-bond donors (Lipinski definition) is 1. The molecular weight excluding hydrogens is 578 g/mol. The van der Waals surface area contributed by atoms with E-state index in [1.54, 1.807) is 18.2 Å². The Hall–Kier alpha value is -4.73. The van der Waals surface area contributed by atoms with Gasteiger partial charge in [0.2, 0.25) is 5.91 Å². The number of amides is 1. The molecule has 1 fully saturated rings. The molecule has 0 radical (unpaired) electrons. The van der Waals surface area contributed by atoms with Crippen molar-refractivity contribution in [2.24, 2.45) is 0 Å². The molecule has 1 aliphatic rings. The van der Waals surface area contributed by atoms with Crippen LogP contribution in [0.25, 0.3) is 0 Å². The van der Waals surface area contributed by atoms with Gasteiger partial charge in [-0.2, -0.15) is 0 Å². The predicted octanol–water partition coefficient (Wildman–Crippen LogP) is 0.723. The summed E-state index contributed by atoms with van der Waals surface area (Å²) in [6.07, 6.45) is -8.85. The van der Waals surface area contributed by atoms with Gasteiger partial charge in [0, 0.05) is 34.6 Å². The van der Waals surface area contributed by atoms with Crippen molar-refractivity contribution in [1.82, 2.24) is 5.32 Å². The lowest BCUT2D eigenvalue weighted by atomic mass is 9.88. The number of rotatable bonds is 11. The molecule has 1 heterocycles. The Labute approximate surface area is 246 Å². The predicted molar refractivity (Wildman–Crippen MR) is 139 cm³/mol. The number of esters is 5. The Morgan fingerprint density at radius 1 is 0.907 bits per heavy atom. The largest absolute Gasteiger partial charge is 0.516 e. The van der Waals surface area contributed by atoms with Crippen LogP contribution in [0.5, 0.6) is 5.75 Å². The van der Waals surface area contributed by atoms with Gasteiger partial charge in [-0.3, -0.25) is 24.0 Å². The molecule has 1 saturated heterocycles. The maximum absolute atomic E-state index is 13.2. The van der Waals surface area contributed by atoms with Crippen LogP contribution in [0.4, 0.5) is 4.79 Å². The maximum Gasteiger partial charge on any atom is 0.516 e. The van der Waals surface area contributed by atoms with Crippen molar-refractivity contribution in [3.63, 3.8) is 0 Å². The number of para-hydroxylation sites is 1. The Morgan fingerprint density at radius 3 is 2.05 bits per heavy atom. The zero-order valence-corrected chi connectivity index (χ0v) is 24.3. The summed E-state index contributed by atoms with van der Waals surface area (Å²) in [5, 5.41) is 2.50. The zero-order valence-electron chi connectivity index (χ0n) is 24.3. The Bertz CT molecular complexity index is 1200. The van der Waals surface area contributed by atoms with Crippen LogP contribution in [0.2, 0.25) is 0 Å². The summed E-state index contributed by atoms with van der Waals surface area (Å²) in [6.45, 7) is 4.53. The van der Waals surface area contributed by atoms with Crippen molar-refractivity contribution in [2.75, 3.05) is 13.7 Å². The Balaban J connectivity index is 2.72. The van der Waals surface area contributed by atoms with E-state index >= 15 is 0 Å². The van der Waals surface area contributed by atoms with Crippen LogP contribution in [-0.2, 0) is 61.9 Å². The van der Waals surface area contributed by atoms with Gasteiger partial charge in [-0.25, -0.2) is 9.59 Å². The molecule has 0 bridgehead atoms. The van der Waals surface area contributed by atoms with E-state index in [9.17, 15) is 33.6 Å². The van der Waals surface area contributed by atoms with Gasteiger partial charge in [0.1, 0.15) is 24.6 Å². The van der Waals surface area contributed by atoms with Crippen molar-refractivity contribution in [3.05, 3.63) is 30.3 Å². The number of ether oxygens (including phenoxy) is 8. The number of hydrogen-bond acceptors (Lipinski definition) is 15. The topological polar surface area (TPSA) is 205 Å². The average Bonchev–Trinajstić information content (AvgIpc) is 2.90. The van der Waals surface area contributed by atoms with Crippen LogP contribution in [0.1, 0.15) is 41.0 Å². The molecular formula is C27H33NO15. The number of benzene rings is 1. The lowest BCUT2D eigenvalue weighted by Crippen LogP contribution is -2.69. The maximum atomic E-state index is 13.2. The molecule has 2 rings (SSSR count). The first kappa shape index (κ1) is 34.5. The van der Waals surface area contributed by atoms with E-state index in [2.05, 4.69) is 5.32 Å². The molecule has 236 valence electrons. The van der Waals surface area contributed by atoms with Crippen LogP contribution in [0, 0.1) is 0 Å². The molecule has 0 spiro atoms. The number of carbonyl (C=O) groups excluding carboxylic acids is 7. The first-order chi connectivity index (χ1) is 20.2. The minimum atomic E-state index is -2.74. The molecule has 1 amide bonds. The van der Waals surface area contributed by atoms with Gasteiger partial charge in [-0.1, -0.05) is 18.2 Å². The van der Waals surface area contributed by atoms with E-state index < -0.39 is 91.2 Å². The summed E-state index contributed by atoms with van der Waals surface area (Å²) in [6, 6.07) is 6.18. The quantitative estimate of drug-likeness (QED) is 0.208. The molecule has 0 aliphatic carbocycles. The summed E-state index contributed by atoms with van der Waals surface area (Å²) in [7, 11) is 0.945. The van der Waals surface area contributed by atoms with Crippen LogP contribution in [0.15, 0.2) is 30.3 Å². The van der Waals surface area contributed by atoms with Gasteiger partial charge in [0.05, 0.1) is 19.6 Å². The molecule has 0 aromatic heterocycles. The normalized spacial score (nSPS) is 22.4. The molecule has 0 saturated carbocycles. The third-order valence-corrected chi connectivity index (χ3v) is 5.69. The van der Waals surface area contributed by atoms with Crippen LogP contribution < -0.4 is 10.1 Å². The first-order valence-electron chi connectivity index (χ1n) is 12.8. The molecule has 16 nitrogen and oxygen atoms in total. The third-order valence-electron chi connectivity index (χ3n) is 5.69. The van der Waals surface area contributed by atoms with Gasteiger partial charge in [-0.15, -0.1) is 0 Å².